The lowest BCUT2D eigenvalue weighted by Gasteiger charge is -2.16. The van der Waals surface area contributed by atoms with E-state index in [9.17, 15) is 5.11 Å². The summed E-state index contributed by atoms with van der Waals surface area (Å²) in [6, 6.07) is 3.49. The average Bonchev–Trinajstić information content (AvgIpc) is 2.26. The second-order valence-corrected chi connectivity index (χ2v) is 3.10. The molecule has 1 aromatic carbocycles. The molecule has 84 valence electrons. The van der Waals surface area contributed by atoms with E-state index in [2.05, 4.69) is 0 Å². The highest BCUT2D eigenvalue weighted by Gasteiger charge is 2.17. The van der Waals surface area contributed by atoms with E-state index in [0.29, 0.717) is 22.8 Å². The van der Waals surface area contributed by atoms with Crippen LogP contribution in [0, 0.1) is 0 Å². The minimum atomic E-state index is -0.611. The van der Waals surface area contributed by atoms with Gasteiger partial charge in [-0.2, -0.15) is 0 Å². The van der Waals surface area contributed by atoms with Gasteiger partial charge in [-0.25, -0.2) is 0 Å². The molecule has 0 saturated heterocycles. The molecule has 0 bridgehead atoms. The summed E-state index contributed by atoms with van der Waals surface area (Å²) in [6.45, 7) is 1.67. The Bertz CT molecular complexity index is 334. The lowest BCUT2D eigenvalue weighted by atomic mass is 10.1. The number of aliphatic hydroxyl groups excluding tert-OH is 1. The first-order valence-electron chi connectivity index (χ1n) is 4.62. The first-order valence-corrected chi connectivity index (χ1v) is 4.62. The van der Waals surface area contributed by atoms with Crippen molar-refractivity contribution in [1.29, 1.82) is 0 Å². The molecule has 0 aliphatic carbocycles. The van der Waals surface area contributed by atoms with E-state index < -0.39 is 6.10 Å². The molecule has 0 aromatic heterocycles. The van der Waals surface area contributed by atoms with Gasteiger partial charge >= 0.3 is 0 Å². The monoisotopic (exact) mass is 212 g/mol. The second-order valence-electron chi connectivity index (χ2n) is 3.10. The predicted octanol–water partition coefficient (Wildman–Crippen LogP) is 1.77. The zero-order valence-electron chi connectivity index (χ0n) is 9.40. The summed E-state index contributed by atoms with van der Waals surface area (Å²) in [5, 5.41) is 9.54. The van der Waals surface area contributed by atoms with E-state index in [4.69, 9.17) is 14.2 Å². The van der Waals surface area contributed by atoms with Crippen LogP contribution < -0.4 is 14.2 Å². The Morgan fingerprint density at radius 1 is 1.00 bits per heavy atom. The lowest BCUT2D eigenvalue weighted by molar-refractivity contribution is 0.192. The Morgan fingerprint density at radius 3 is 2.00 bits per heavy atom. The third kappa shape index (κ3) is 2.15. The van der Waals surface area contributed by atoms with Gasteiger partial charge in [0.15, 0.2) is 11.5 Å². The predicted molar refractivity (Wildman–Crippen MR) is 56.7 cm³/mol. The van der Waals surface area contributed by atoms with Crippen LogP contribution in [0.1, 0.15) is 18.6 Å². The van der Waals surface area contributed by atoms with Crippen molar-refractivity contribution in [3.63, 3.8) is 0 Å². The van der Waals surface area contributed by atoms with Crippen molar-refractivity contribution in [2.45, 2.75) is 13.0 Å². The summed E-state index contributed by atoms with van der Waals surface area (Å²) >= 11 is 0. The molecule has 4 nitrogen and oxygen atoms in total. The third-order valence-corrected chi connectivity index (χ3v) is 2.18. The van der Waals surface area contributed by atoms with Crippen LogP contribution in [-0.4, -0.2) is 26.4 Å². The van der Waals surface area contributed by atoms with Crippen LogP contribution in [0.3, 0.4) is 0 Å². The van der Waals surface area contributed by atoms with E-state index >= 15 is 0 Å². The first kappa shape index (κ1) is 11.7. The molecule has 1 atom stereocenters. The maximum Gasteiger partial charge on any atom is 0.203 e. The number of hydrogen-bond donors (Lipinski definition) is 1. The molecule has 0 amide bonds. The molecule has 0 heterocycles. The van der Waals surface area contributed by atoms with Gasteiger partial charge in [-0.1, -0.05) is 0 Å². The van der Waals surface area contributed by atoms with Crippen molar-refractivity contribution in [3.05, 3.63) is 17.7 Å². The summed E-state index contributed by atoms with van der Waals surface area (Å²) in [4.78, 5) is 0. The smallest absolute Gasteiger partial charge is 0.203 e. The van der Waals surface area contributed by atoms with Crippen LogP contribution in [0.25, 0.3) is 0 Å². The molecule has 15 heavy (non-hydrogen) atoms. The van der Waals surface area contributed by atoms with Crippen molar-refractivity contribution >= 4 is 0 Å². The number of methoxy groups -OCH3 is 3. The molecule has 0 spiro atoms. The molecule has 0 saturated carbocycles. The summed E-state index contributed by atoms with van der Waals surface area (Å²) in [5.74, 6) is 1.59. The van der Waals surface area contributed by atoms with Gasteiger partial charge in [0.25, 0.3) is 0 Å². The number of aliphatic hydroxyl groups is 1. The highest BCUT2D eigenvalue weighted by Crippen LogP contribution is 2.41. The van der Waals surface area contributed by atoms with Crippen molar-refractivity contribution in [2.75, 3.05) is 21.3 Å². The molecular weight excluding hydrogens is 196 g/mol. The number of rotatable bonds is 4. The molecule has 0 fully saturated rings. The van der Waals surface area contributed by atoms with Gasteiger partial charge in [0, 0.05) is 5.56 Å². The number of hydrogen-bond acceptors (Lipinski definition) is 4. The molecule has 0 aliphatic heterocycles. The van der Waals surface area contributed by atoms with Crippen LogP contribution in [0.5, 0.6) is 17.2 Å². The Balaban J connectivity index is 3.34. The minimum Gasteiger partial charge on any atom is -0.493 e. The van der Waals surface area contributed by atoms with Gasteiger partial charge in [0.1, 0.15) is 0 Å². The van der Waals surface area contributed by atoms with Gasteiger partial charge in [-0.05, 0) is 19.1 Å². The molecular formula is C11H16O4. The van der Waals surface area contributed by atoms with Gasteiger partial charge in [-0.3, -0.25) is 0 Å². The normalized spacial score (nSPS) is 12.1. The van der Waals surface area contributed by atoms with E-state index in [0.717, 1.165) is 0 Å². The van der Waals surface area contributed by atoms with E-state index in [-0.39, 0.29) is 0 Å². The topological polar surface area (TPSA) is 47.9 Å². The Labute approximate surface area is 89.4 Å². The Morgan fingerprint density at radius 2 is 1.60 bits per heavy atom. The van der Waals surface area contributed by atoms with Crippen LogP contribution in [0.15, 0.2) is 12.1 Å². The highest BCUT2D eigenvalue weighted by molar-refractivity contribution is 5.56. The standard InChI is InChI=1S/C11H16O4/c1-7(12)8-5-6-9(13-2)11(15-4)10(8)14-3/h5-7,12H,1-4H3/t7-/m1/s1. The van der Waals surface area contributed by atoms with Crippen molar-refractivity contribution in [1.82, 2.24) is 0 Å². The summed E-state index contributed by atoms with van der Waals surface area (Å²) in [6.07, 6.45) is -0.611. The maximum atomic E-state index is 9.54. The summed E-state index contributed by atoms with van der Waals surface area (Å²) in [7, 11) is 4.62. The lowest BCUT2D eigenvalue weighted by Crippen LogP contribution is -2.01. The molecule has 1 N–H and O–H groups in total. The Hall–Kier alpha value is -1.42. The minimum absolute atomic E-state index is 0.499. The van der Waals surface area contributed by atoms with Gasteiger partial charge in [-0.15, -0.1) is 0 Å². The largest absolute Gasteiger partial charge is 0.493 e. The third-order valence-electron chi connectivity index (χ3n) is 2.18. The molecule has 0 unspecified atom stereocenters. The van der Waals surface area contributed by atoms with E-state index in [1.807, 2.05) is 0 Å². The fraction of sp³-hybridized carbons (Fsp3) is 0.455. The molecule has 4 heteroatoms. The fourth-order valence-electron chi connectivity index (χ4n) is 1.45. The van der Waals surface area contributed by atoms with Gasteiger partial charge in [0.2, 0.25) is 5.75 Å². The van der Waals surface area contributed by atoms with E-state index in [1.54, 1.807) is 26.2 Å². The van der Waals surface area contributed by atoms with Crippen LogP contribution >= 0.6 is 0 Å². The summed E-state index contributed by atoms with van der Waals surface area (Å²) in [5.41, 5.74) is 0.676. The van der Waals surface area contributed by atoms with Crippen molar-refractivity contribution < 1.29 is 19.3 Å². The fourth-order valence-corrected chi connectivity index (χ4v) is 1.45. The van der Waals surface area contributed by atoms with E-state index in [1.165, 1.54) is 14.2 Å². The maximum absolute atomic E-state index is 9.54. The SMILES string of the molecule is COc1ccc([C@@H](C)O)c(OC)c1OC. The quantitative estimate of drug-likeness (QED) is 0.826. The van der Waals surface area contributed by atoms with Crippen LogP contribution in [0.2, 0.25) is 0 Å². The van der Waals surface area contributed by atoms with Crippen molar-refractivity contribution in [2.24, 2.45) is 0 Å². The summed E-state index contributed by atoms with van der Waals surface area (Å²) < 4.78 is 15.5. The van der Waals surface area contributed by atoms with Crippen LogP contribution in [0.4, 0.5) is 0 Å². The zero-order valence-corrected chi connectivity index (χ0v) is 9.40. The van der Waals surface area contributed by atoms with Gasteiger partial charge < -0.3 is 19.3 Å². The van der Waals surface area contributed by atoms with Crippen molar-refractivity contribution in [3.8, 4) is 17.2 Å². The first-order chi connectivity index (χ1) is 7.15. The Kier molecular flexibility index (Phi) is 3.80. The number of benzene rings is 1. The molecule has 1 rings (SSSR count). The molecule has 0 radical (unpaired) electrons. The zero-order chi connectivity index (χ0) is 11.4. The average molecular weight is 212 g/mol. The van der Waals surface area contributed by atoms with Crippen LogP contribution in [-0.2, 0) is 0 Å². The molecule has 1 aromatic rings. The molecule has 0 aliphatic rings. The highest BCUT2D eigenvalue weighted by atomic mass is 16.5. The number of ether oxygens (including phenoxy) is 3. The van der Waals surface area contributed by atoms with Gasteiger partial charge in [0.05, 0.1) is 27.4 Å². The second kappa shape index (κ2) is 4.89.